The molecular weight excluding hydrogens is 564 g/mol. The number of hydrogen-bond donors (Lipinski definition) is 2. The molecule has 3 heterocycles. The third kappa shape index (κ3) is 7.79. The average Bonchev–Trinajstić information content (AvgIpc) is 3.54. The van der Waals surface area contributed by atoms with Crippen LogP contribution in [0.3, 0.4) is 0 Å². The predicted octanol–water partition coefficient (Wildman–Crippen LogP) is 4.93. The summed E-state index contributed by atoms with van der Waals surface area (Å²) in [4.78, 5) is 24.5. The van der Waals surface area contributed by atoms with Crippen molar-refractivity contribution in [3.05, 3.63) is 55.1 Å². The minimum Gasteiger partial charge on any atom is -0.462 e. The number of aromatic nitrogens is 4. The summed E-state index contributed by atoms with van der Waals surface area (Å²) in [7, 11) is -1.85. The summed E-state index contributed by atoms with van der Waals surface area (Å²) < 4.78 is 59.2. The van der Waals surface area contributed by atoms with Crippen LogP contribution >= 0.6 is 8.53 Å². The van der Waals surface area contributed by atoms with Gasteiger partial charge in [0.25, 0.3) is 0 Å². The molecule has 220 valence electrons. The van der Waals surface area contributed by atoms with E-state index in [0.717, 1.165) is 10.8 Å². The highest BCUT2D eigenvalue weighted by molar-refractivity contribution is 7.45. The fourth-order valence-electron chi connectivity index (χ4n) is 4.13. The molecule has 15 heteroatoms. The number of nitrogens with two attached hydrogens (primary N) is 1. The SMILES string of the molecule is CC(C)OC(=O)CNP(OCC1OC(n2cnc3c(N)ncnc32)CC1F)Oc1cccc2ccccc12.FCF. The summed E-state index contributed by atoms with van der Waals surface area (Å²) in [5.41, 5.74) is 6.75. The van der Waals surface area contributed by atoms with Gasteiger partial charge in [0.15, 0.2) is 11.5 Å². The number of fused-ring (bicyclic) bond motifs is 2. The summed E-state index contributed by atoms with van der Waals surface area (Å²) >= 11 is 0. The Hall–Kier alpha value is -3.58. The van der Waals surface area contributed by atoms with Crippen LogP contribution in [0, 0.1) is 0 Å². The van der Waals surface area contributed by atoms with Crippen molar-refractivity contribution in [1.82, 2.24) is 24.6 Å². The van der Waals surface area contributed by atoms with E-state index in [1.54, 1.807) is 18.4 Å². The average molecular weight is 595 g/mol. The van der Waals surface area contributed by atoms with Crippen molar-refractivity contribution in [2.45, 2.75) is 44.9 Å². The summed E-state index contributed by atoms with van der Waals surface area (Å²) in [5.74, 6) is 0.358. The molecule has 1 fully saturated rings. The van der Waals surface area contributed by atoms with E-state index < -0.39 is 39.9 Å². The molecule has 0 amide bonds. The van der Waals surface area contributed by atoms with Gasteiger partial charge in [-0.05, 0) is 25.3 Å². The second-order valence-electron chi connectivity index (χ2n) is 9.06. The van der Waals surface area contributed by atoms with Crippen LogP contribution < -0.4 is 15.3 Å². The topological polar surface area (TPSA) is 136 Å². The number of nitrogens with one attached hydrogen (secondary N) is 1. The second-order valence-corrected chi connectivity index (χ2v) is 10.3. The Bertz CT molecular complexity index is 1440. The van der Waals surface area contributed by atoms with Crippen LogP contribution in [0.1, 0.15) is 26.5 Å². The van der Waals surface area contributed by atoms with Crippen LogP contribution in [0.4, 0.5) is 19.0 Å². The molecule has 4 aromatic rings. The van der Waals surface area contributed by atoms with Crippen molar-refractivity contribution in [2.75, 3.05) is 25.8 Å². The van der Waals surface area contributed by atoms with Crippen LogP contribution in [0.5, 0.6) is 5.75 Å². The van der Waals surface area contributed by atoms with Gasteiger partial charge in [-0.15, -0.1) is 0 Å². The Morgan fingerprint density at radius 1 is 1.20 bits per heavy atom. The maximum Gasteiger partial charge on any atom is 0.320 e. The number of carbonyl (C=O) groups excluding carboxylic acids is 1. The molecule has 0 spiro atoms. The quantitative estimate of drug-likeness (QED) is 0.192. The number of imidazole rings is 1. The van der Waals surface area contributed by atoms with Gasteiger partial charge >= 0.3 is 14.5 Å². The van der Waals surface area contributed by atoms with Gasteiger partial charge in [-0.3, -0.25) is 9.36 Å². The Morgan fingerprint density at radius 3 is 2.73 bits per heavy atom. The van der Waals surface area contributed by atoms with Crippen molar-refractivity contribution >= 4 is 42.2 Å². The van der Waals surface area contributed by atoms with E-state index in [0.29, 0.717) is 16.9 Å². The molecule has 1 aliphatic rings. The Morgan fingerprint density at radius 2 is 1.95 bits per heavy atom. The van der Waals surface area contributed by atoms with E-state index in [9.17, 15) is 13.6 Å². The number of alkyl halides is 3. The number of rotatable bonds is 10. The van der Waals surface area contributed by atoms with E-state index >= 15 is 4.39 Å². The highest BCUT2D eigenvalue weighted by Crippen LogP contribution is 2.41. The van der Waals surface area contributed by atoms with E-state index in [1.165, 1.54) is 12.7 Å². The smallest absolute Gasteiger partial charge is 0.320 e. The maximum atomic E-state index is 15.0. The van der Waals surface area contributed by atoms with Crippen molar-refractivity contribution in [1.29, 1.82) is 0 Å². The molecule has 2 aromatic heterocycles. The molecule has 5 rings (SSSR count). The molecule has 0 radical (unpaired) electrons. The molecule has 3 N–H and O–H groups in total. The molecule has 41 heavy (non-hydrogen) atoms. The predicted molar refractivity (Wildman–Crippen MR) is 147 cm³/mol. The van der Waals surface area contributed by atoms with E-state index in [1.807, 2.05) is 42.5 Å². The van der Waals surface area contributed by atoms with Gasteiger partial charge in [-0.1, -0.05) is 36.4 Å². The highest BCUT2D eigenvalue weighted by atomic mass is 31.2. The third-order valence-electron chi connectivity index (χ3n) is 5.87. The molecule has 1 aliphatic heterocycles. The molecule has 2 aromatic carbocycles. The number of hydrogen-bond acceptors (Lipinski definition) is 10. The number of esters is 1. The molecule has 0 bridgehead atoms. The van der Waals surface area contributed by atoms with Crippen molar-refractivity contribution in [3.63, 3.8) is 0 Å². The van der Waals surface area contributed by atoms with Gasteiger partial charge in [0.05, 0.1) is 19.0 Å². The molecule has 4 atom stereocenters. The highest BCUT2D eigenvalue weighted by Gasteiger charge is 2.38. The number of ether oxygens (including phenoxy) is 2. The zero-order valence-electron chi connectivity index (χ0n) is 22.3. The minimum atomic E-state index is -1.85. The summed E-state index contributed by atoms with van der Waals surface area (Å²) in [6.45, 7) is 1.54. The van der Waals surface area contributed by atoms with Gasteiger partial charge in [0, 0.05) is 11.8 Å². The summed E-state index contributed by atoms with van der Waals surface area (Å²) in [6, 6.07) is 13.4. The first-order valence-corrected chi connectivity index (χ1v) is 13.8. The number of nitrogens with zero attached hydrogens (tertiary/aromatic N) is 4. The number of carbonyl (C=O) groups is 1. The zero-order chi connectivity index (χ0) is 29.4. The monoisotopic (exact) mass is 594 g/mol. The number of anilines is 1. The van der Waals surface area contributed by atoms with Crippen LogP contribution in [0.2, 0.25) is 0 Å². The van der Waals surface area contributed by atoms with Crippen molar-refractivity contribution < 1.29 is 36.5 Å². The Balaban J connectivity index is 0.00000124. The lowest BCUT2D eigenvalue weighted by Gasteiger charge is -2.22. The van der Waals surface area contributed by atoms with Gasteiger partial charge in [-0.2, -0.15) is 0 Å². The first-order valence-electron chi connectivity index (χ1n) is 12.7. The second kappa shape index (κ2) is 14.4. The maximum absolute atomic E-state index is 15.0. The van der Waals surface area contributed by atoms with Crippen molar-refractivity contribution in [2.24, 2.45) is 0 Å². The van der Waals surface area contributed by atoms with Crippen LogP contribution in [-0.2, 0) is 18.8 Å². The van der Waals surface area contributed by atoms with E-state index in [4.69, 9.17) is 24.3 Å². The van der Waals surface area contributed by atoms with Crippen LogP contribution in [-0.4, -0.2) is 63.9 Å². The number of benzene rings is 2. The van der Waals surface area contributed by atoms with E-state index in [-0.39, 0.29) is 31.5 Å². The van der Waals surface area contributed by atoms with Gasteiger partial charge in [0.2, 0.25) is 6.93 Å². The minimum absolute atomic E-state index is 0.0830. The molecule has 1 saturated heterocycles. The van der Waals surface area contributed by atoms with Crippen LogP contribution in [0.15, 0.2) is 55.1 Å². The largest absolute Gasteiger partial charge is 0.462 e. The zero-order valence-corrected chi connectivity index (χ0v) is 23.2. The molecule has 11 nitrogen and oxygen atoms in total. The molecule has 4 unspecified atom stereocenters. The summed E-state index contributed by atoms with van der Waals surface area (Å²) in [6.07, 6.45) is -0.164. The lowest BCUT2D eigenvalue weighted by atomic mass is 10.1. The Labute approximate surface area is 235 Å². The van der Waals surface area contributed by atoms with E-state index in [2.05, 4.69) is 20.0 Å². The number of nitrogen functional groups attached to an aromatic ring is 1. The first-order chi connectivity index (χ1) is 19.8. The lowest BCUT2D eigenvalue weighted by molar-refractivity contribution is -0.145. The molecular formula is C26H30F3N6O5P. The van der Waals surface area contributed by atoms with Gasteiger partial charge < -0.3 is 24.3 Å². The summed E-state index contributed by atoms with van der Waals surface area (Å²) in [5, 5.41) is 4.84. The first kappa shape index (κ1) is 30.4. The van der Waals surface area contributed by atoms with Crippen molar-refractivity contribution in [3.8, 4) is 5.75 Å². The third-order valence-corrected chi connectivity index (χ3v) is 7.03. The van der Waals surface area contributed by atoms with Gasteiger partial charge in [0.1, 0.15) is 42.6 Å². The molecule has 0 saturated carbocycles. The lowest BCUT2D eigenvalue weighted by Crippen LogP contribution is -2.28. The number of halogens is 3. The fraction of sp³-hybridized carbons (Fsp3) is 0.385. The Kier molecular flexibility index (Phi) is 10.6. The normalized spacial score (nSPS) is 19.2. The molecule has 0 aliphatic carbocycles. The van der Waals surface area contributed by atoms with Crippen LogP contribution in [0.25, 0.3) is 21.9 Å². The van der Waals surface area contributed by atoms with Gasteiger partial charge in [-0.25, -0.2) is 33.2 Å². The fourth-order valence-corrected chi connectivity index (χ4v) is 5.22. The standard InChI is InChI=1S/C25H28FN6O5P.CH2F2/c1-15(2)35-22(33)11-31-38(37-19-9-5-7-16-6-3-4-8-17(16)19)34-12-20-18(26)10-21(36-20)32-14-30-23-24(27)28-13-29-25(23)32;2-1-3/h3-9,13-15,18,20-21,31H,10-12H2,1-2H3,(H2,27,28,29);1H2.